The van der Waals surface area contributed by atoms with Crippen molar-refractivity contribution in [2.75, 3.05) is 5.43 Å². The maximum atomic E-state index is 13.9. The summed E-state index contributed by atoms with van der Waals surface area (Å²) in [6, 6.07) is 8.74. The summed E-state index contributed by atoms with van der Waals surface area (Å²) < 4.78 is 29.2. The molecule has 3 N–H and O–H groups in total. The Morgan fingerprint density at radius 3 is 2.34 bits per heavy atom. The number of halogens is 2. The smallest absolute Gasteiger partial charge is 0.262 e. The zero-order valence-electron chi connectivity index (χ0n) is 17.8. The second-order valence-corrected chi connectivity index (χ2v) is 7.41. The van der Waals surface area contributed by atoms with Gasteiger partial charge in [-0.25, -0.2) is 13.8 Å². The Balaban J connectivity index is 1.80. The van der Waals surface area contributed by atoms with E-state index >= 15 is 0 Å². The molecule has 0 spiro atoms. The van der Waals surface area contributed by atoms with Gasteiger partial charge in [-0.3, -0.25) is 29.8 Å². The largest absolute Gasteiger partial charge is 0.340 e. The summed E-state index contributed by atoms with van der Waals surface area (Å²) in [5.74, 6) is -4.09. The third kappa shape index (κ3) is 4.58. The van der Waals surface area contributed by atoms with E-state index in [1.54, 1.807) is 45.0 Å². The highest BCUT2D eigenvalue weighted by molar-refractivity contribution is 5.98. The molecule has 3 rings (SSSR count). The molecular weight excluding hydrogens is 420 g/mol. The molecule has 1 heterocycles. The van der Waals surface area contributed by atoms with Gasteiger partial charge in [0, 0.05) is 6.54 Å². The third-order valence-electron chi connectivity index (χ3n) is 4.90. The van der Waals surface area contributed by atoms with Crippen LogP contribution in [0, 0.1) is 17.6 Å². The molecule has 2 amide bonds. The van der Waals surface area contributed by atoms with E-state index in [0.717, 1.165) is 18.2 Å². The molecule has 0 saturated carbocycles. The van der Waals surface area contributed by atoms with E-state index in [1.807, 2.05) is 0 Å². The van der Waals surface area contributed by atoms with E-state index in [9.17, 15) is 23.2 Å². The molecule has 0 fully saturated rings. The molecule has 0 aliphatic heterocycles. The Morgan fingerprint density at radius 2 is 1.72 bits per heavy atom. The van der Waals surface area contributed by atoms with Gasteiger partial charge in [0.1, 0.15) is 23.2 Å². The minimum Gasteiger partial charge on any atom is -0.340 e. The van der Waals surface area contributed by atoms with Crippen LogP contribution in [0.15, 0.2) is 47.3 Å². The Hall–Kier alpha value is -3.82. The number of anilines is 1. The number of rotatable bonds is 7. The number of fused-ring (bicyclic) bond motifs is 1. The molecule has 0 saturated heterocycles. The van der Waals surface area contributed by atoms with Crippen LogP contribution in [0.2, 0.25) is 0 Å². The number of hydrogen-bond acceptors (Lipinski definition) is 5. The molecule has 0 bridgehead atoms. The average Bonchev–Trinajstić information content (AvgIpc) is 2.75. The van der Waals surface area contributed by atoms with Crippen molar-refractivity contribution in [2.45, 2.75) is 33.4 Å². The van der Waals surface area contributed by atoms with Crippen molar-refractivity contribution in [2.24, 2.45) is 5.92 Å². The van der Waals surface area contributed by atoms with Gasteiger partial charge in [0.2, 0.25) is 5.95 Å². The van der Waals surface area contributed by atoms with Crippen LogP contribution in [-0.4, -0.2) is 27.4 Å². The summed E-state index contributed by atoms with van der Waals surface area (Å²) in [7, 11) is 0. The molecule has 2 aromatic carbocycles. The number of benzene rings is 2. The van der Waals surface area contributed by atoms with E-state index in [4.69, 9.17) is 0 Å². The van der Waals surface area contributed by atoms with Crippen LogP contribution in [0.4, 0.5) is 14.7 Å². The fraction of sp³-hybridized carbons (Fsp3) is 0.273. The zero-order chi connectivity index (χ0) is 23.4. The summed E-state index contributed by atoms with van der Waals surface area (Å²) in [6.07, 6.45) is 0. The summed E-state index contributed by atoms with van der Waals surface area (Å²) in [6.45, 7) is 5.38. The second-order valence-electron chi connectivity index (χ2n) is 7.41. The van der Waals surface area contributed by atoms with Crippen LogP contribution in [0.1, 0.15) is 31.1 Å². The number of amides is 2. The van der Waals surface area contributed by atoms with Gasteiger partial charge in [0.15, 0.2) is 0 Å². The number of nitrogens with one attached hydrogen (secondary N) is 3. The average molecular weight is 443 g/mol. The van der Waals surface area contributed by atoms with Gasteiger partial charge < -0.3 is 5.32 Å². The fourth-order valence-corrected chi connectivity index (χ4v) is 3.22. The maximum Gasteiger partial charge on any atom is 0.262 e. The van der Waals surface area contributed by atoms with Crippen molar-refractivity contribution in [1.29, 1.82) is 0 Å². The van der Waals surface area contributed by atoms with Gasteiger partial charge in [-0.05, 0) is 37.1 Å². The first-order chi connectivity index (χ1) is 15.2. The molecule has 3 aromatic rings. The van der Waals surface area contributed by atoms with E-state index < -0.39 is 41.0 Å². The van der Waals surface area contributed by atoms with Crippen LogP contribution < -0.4 is 21.7 Å². The molecule has 1 aromatic heterocycles. The maximum absolute atomic E-state index is 13.9. The molecule has 1 unspecified atom stereocenters. The molecule has 32 heavy (non-hydrogen) atoms. The van der Waals surface area contributed by atoms with E-state index in [2.05, 4.69) is 21.2 Å². The van der Waals surface area contributed by atoms with Gasteiger partial charge in [0.05, 0.1) is 10.9 Å². The number of nitrogens with zero attached hydrogens (tertiary/aromatic N) is 2. The lowest BCUT2D eigenvalue weighted by Crippen LogP contribution is -2.51. The number of hydrogen-bond donors (Lipinski definition) is 3. The third-order valence-corrected chi connectivity index (χ3v) is 4.90. The highest BCUT2D eigenvalue weighted by Crippen LogP contribution is 2.14. The molecule has 8 nitrogen and oxygen atoms in total. The number of carbonyl (C=O) groups excluding carboxylic acids is 2. The quantitative estimate of drug-likeness (QED) is 0.487. The normalized spacial score (nSPS) is 11.9. The Labute approximate surface area is 182 Å². The van der Waals surface area contributed by atoms with Crippen molar-refractivity contribution in [3.8, 4) is 0 Å². The van der Waals surface area contributed by atoms with E-state index in [1.165, 1.54) is 4.57 Å². The van der Waals surface area contributed by atoms with Crippen LogP contribution in [0.25, 0.3) is 10.9 Å². The lowest BCUT2D eigenvalue weighted by molar-refractivity contribution is -0.123. The highest BCUT2D eigenvalue weighted by atomic mass is 19.1. The monoisotopic (exact) mass is 443 g/mol. The Bertz CT molecular complexity index is 1210. The van der Waals surface area contributed by atoms with Crippen molar-refractivity contribution >= 4 is 28.7 Å². The Morgan fingerprint density at radius 1 is 1.06 bits per heavy atom. The van der Waals surface area contributed by atoms with Gasteiger partial charge in [-0.2, -0.15) is 0 Å². The lowest BCUT2D eigenvalue weighted by Gasteiger charge is -2.22. The summed E-state index contributed by atoms with van der Waals surface area (Å²) in [4.78, 5) is 42.2. The molecule has 1 atom stereocenters. The number of aromatic nitrogens is 2. The van der Waals surface area contributed by atoms with Gasteiger partial charge in [-0.15, -0.1) is 0 Å². The minimum absolute atomic E-state index is 0.110. The molecule has 0 aliphatic rings. The summed E-state index contributed by atoms with van der Waals surface area (Å²) in [5.41, 5.74) is 4.44. The van der Waals surface area contributed by atoms with Crippen LogP contribution >= 0.6 is 0 Å². The van der Waals surface area contributed by atoms with Crippen molar-refractivity contribution in [1.82, 2.24) is 20.3 Å². The molecule has 0 radical (unpaired) electrons. The van der Waals surface area contributed by atoms with Crippen molar-refractivity contribution in [3.63, 3.8) is 0 Å². The van der Waals surface area contributed by atoms with Gasteiger partial charge >= 0.3 is 0 Å². The molecule has 0 aliphatic carbocycles. The number of hydrazine groups is 1. The molecule has 10 heteroatoms. The summed E-state index contributed by atoms with van der Waals surface area (Å²) >= 11 is 0. The Kier molecular flexibility index (Phi) is 6.82. The van der Waals surface area contributed by atoms with E-state index in [0.29, 0.717) is 17.4 Å². The van der Waals surface area contributed by atoms with E-state index in [-0.39, 0.29) is 11.5 Å². The van der Waals surface area contributed by atoms with Crippen LogP contribution in [-0.2, 0) is 11.3 Å². The topological polar surface area (TPSA) is 105 Å². The van der Waals surface area contributed by atoms with Gasteiger partial charge in [0.25, 0.3) is 17.4 Å². The van der Waals surface area contributed by atoms with Crippen molar-refractivity contribution < 1.29 is 18.4 Å². The molecular formula is C22H23F2N5O3. The molecule has 168 valence electrons. The number of carbonyl (C=O) groups is 2. The standard InChI is InChI=1S/C22H23F2N5O3/c1-4-29-21(32)13-8-5-6-11-16(13)25-22(29)28-27-20(31)18(12(2)3)26-19(30)17-14(23)9-7-10-15(17)24/h5-12,18H,4H2,1-3H3,(H,25,28)(H,26,30)(H,27,31). The fourth-order valence-electron chi connectivity index (χ4n) is 3.22. The first-order valence-corrected chi connectivity index (χ1v) is 10.0. The first kappa shape index (κ1) is 22.9. The predicted octanol–water partition coefficient (Wildman–Crippen LogP) is 2.59. The number of para-hydroxylation sites is 1. The summed E-state index contributed by atoms with van der Waals surface area (Å²) in [5, 5.41) is 2.80. The zero-order valence-corrected chi connectivity index (χ0v) is 17.8. The first-order valence-electron chi connectivity index (χ1n) is 10.0. The van der Waals surface area contributed by atoms with Crippen molar-refractivity contribution in [3.05, 3.63) is 70.0 Å². The SMILES string of the molecule is CCn1c(NNC(=O)C(NC(=O)c2c(F)cccc2F)C(C)C)nc2ccccc2c1=O. The predicted molar refractivity (Wildman–Crippen MR) is 116 cm³/mol. The minimum atomic E-state index is -1.11. The highest BCUT2D eigenvalue weighted by Gasteiger charge is 2.27. The van der Waals surface area contributed by atoms with Crippen LogP contribution in [0.5, 0.6) is 0 Å². The lowest BCUT2D eigenvalue weighted by atomic mass is 10.0. The second kappa shape index (κ2) is 9.54. The van der Waals surface area contributed by atoms with Crippen LogP contribution in [0.3, 0.4) is 0 Å². The van der Waals surface area contributed by atoms with Gasteiger partial charge in [-0.1, -0.05) is 32.0 Å².